The fourth-order valence-electron chi connectivity index (χ4n) is 6.43. The molecule has 0 amide bonds. The van der Waals surface area contributed by atoms with Gasteiger partial charge in [-0.2, -0.15) is 0 Å². The van der Waals surface area contributed by atoms with Crippen LogP contribution in [0.3, 0.4) is 0 Å². The summed E-state index contributed by atoms with van der Waals surface area (Å²) in [6.07, 6.45) is -0.211. The van der Waals surface area contributed by atoms with Crippen LogP contribution in [-0.4, -0.2) is 82.1 Å². The van der Waals surface area contributed by atoms with Crippen molar-refractivity contribution in [1.29, 1.82) is 0 Å². The van der Waals surface area contributed by atoms with Gasteiger partial charge >= 0.3 is 17.9 Å². The van der Waals surface area contributed by atoms with E-state index in [4.69, 9.17) is 18.9 Å². The minimum atomic E-state index is -2.03. The minimum Gasteiger partial charge on any atom is -0.459 e. The first-order valence-corrected chi connectivity index (χ1v) is 12.5. The molecule has 3 N–H and O–H groups in total. The molecule has 0 aromatic heterocycles. The summed E-state index contributed by atoms with van der Waals surface area (Å²) in [4.78, 5) is 37.6. The number of rotatable bonds is 5. The first-order chi connectivity index (χ1) is 16.9. The maximum atomic E-state index is 12.7. The molecule has 11 atom stereocenters. The molecule has 3 fully saturated rings. The van der Waals surface area contributed by atoms with Gasteiger partial charge in [-0.3, -0.25) is 14.4 Å². The highest BCUT2D eigenvalue weighted by Gasteiger charge is 2.74. The molecule has 10 nitrogen and oxygen atoms in total. The zero-order valence-electron chi connectivity index (χ0n) is 21.2. The molecular weight excluding hydrogens is 472 g/mol. The standard InChI is InChI=1S/C26H36O10/c1-6-7-18(30)35-20-12(2)19-22(33-14(4)28)26(32)13(3)24(31)34-17(26)10-15(11-27)8-9-16(29)25(19,5)23-21(20)36-23/h8-10,12-13,16-17,19-23,27,29,32H,6-7,11H2,1-5H3/b9-8-,15-10+/t12-,13+,16+,17+,19-,20-,21+,22+,23+,25-,26+/m1/s1. The fourth-order valence-corrected chi connectivity index (χ4v) is 6.43. The smallest absolute Gasteiger partial charge is 0.312 e. The van der Waals surface area contributed by atoms with E-state index >= 15 is 0 Å². The number of aliphatic hydroxyl groups is 3. The molecule has 10 heteroatoms. The van der Waals surface area contributed by atoms with Gasteiger partial charge in [-0.25, -0.2) is 0 Å². The van der Waals surface area contributed by atoms with Gasteiger partial charge in [-0.1, -0.05) is 32.9 Å². The number of carbonyl (C=O) groups excluding carboxylic acids is 3. The van der Waals surface area contributed by atoms with Crippen molar-refractivity contribution < 1.29 is 48.7 Å². The summed E-state index contributed by atoms with van der Waals surface area (Å²) in [5.41, 5.74) is -2.84. The van der Waals surface area contributed by atoms with Gasteiger partial charge in [0.15, 0.2) is 11.7 Å². The van der Waals surface area contributed by atoms with Gasteiger partial charge in [0.1, 0.15) is 18.3 Å². The van der Waals surface area contributed by atoms with E-state index in [0.717, 1.165) is 0 Å². The Kier molecular flexibility index (Phi) is 7.11. The summed E-state index contributed by atoms with van der Waals surface area (Å²) in [7, 11) is 0. The predicted molar refractivity (Wildman–Crippen MR) is 124 cm³/mol. The minimum absolute atomic E-state index is 0.224. The molecule has 36 heavy (non-hydrogen) atoms. The van der Waals surface area contributed by atoms with Crippen molar-refractivity contribution in [2.75, 3.05) is 6.61 Å². The van der Waals surface area contributed by atoms with Gasteiger partial charge in [0.05, 0.1) is 24.7 Å². The van der Waals surface area contributed by atoms with E-state index in [1.54, 1.807) is 13.8 Å². The third kappa shape index (κ3) is 4.08. The molecule has 0 bridgehead atoms. The summed E-state index contributed by atoms with van der Waals surface area (Å²) in [6, 6.07) is 0. The molecular formula is C26H36O10. The quantitative estimate of drug-likeness (QED) is 0.276. The Morgan fingerprint density at radius 3 is 2.53 bits per heavy atom. The topological polar surface area (TPSA) is 152 Å². The fraction of sp³-hybridized carbons (Fsp3) is 0.731. The van der Waals surface area contributed by atoms with E-state index < -0.39 is 89.9 Å². The number of hydrogen-bond acceptors (Lipinski definition) is 10. The summed E-state index contributed by atoms with van der Waals surface area (Å²) < 4.78 is 23.1. The number of carbonyl (C=O) groups is 3. The lowest BCUT2D eigenvalue weighted by Gasteiger charge is -2.53. The second-order valence-electron chi connectivity index (χ2n) is 10.7. The normalized spacial score (nSPS) is 47.7. The second-order valence-corrected chi connectivity index (χ2v) is 10.7. The summed E-state index contributed by atoms with van der Waals surface area (Å²) in [5.74, 6) is -4.22. The third-order valence-electron chi connectivity index (χ3n) is 8.49. The molecule has 4 rings (SSSR count). The maximum Gasteiger partial charge on any atom is 0.312 e. The van der Waals surface area contributed by atoms with Crippen molar-refractivity contribution in [3.8, 4) is 0 Å². The van der Waals surface area contributed by atoms with Crippen LogP contribution in [0, 0.1) is 23.2 Å². The van der Waals surface area contributed by atoms with Crippen LogP contribution >= 0.6 is 0 Å². The number of fused-ring (bicyclic) bond motifs is 4. The summed E-state index contributed by atoms with van der Waals surface area (Å²) >= 11 is 0. The lowest BCUT2D eigenvalue weighted by atomic mass is 9.54. The zero-order valence-corrected chi connectivity index (χ0v) is 21.2. The van der Waals surface area contributed by atoms with Gasteiger partial charge in [0, 0.05) is 30.6 Å². The van der Waals surface area contributed by atoms with E-state index in [2.05, 4.69) is 0 Å². The van der Waals surface area contributed by atoms with Crippen LogP contribution in [0.25, 0.3) is 0 Å². The van der Waals surface area contributed by atoms with Crippen LogP contribution in [0.15, 0.2) is 23.8 Å². The largest absolute Gasteiger partial charge is 0.459 e. The number of epoxide rings is 1. The van der Waals surface area contributed by atoms with Gasteiger partial charge < -0.3 is 34.3 Å². The molecule has 2 heterocycles. The molecule has 0 radical (unpaired) electrons. The lowest BCUT2D eigenvalue weighted by Crippen LogP contribution is -2.66. The summed E-state index contributed by atoms with van der Waals surface area (Å²) in [5, 5.41) is 33.5. The van der Waals surface area contributed by atoms with Gasteiger partial charge in [-0.05, 0) is 25.0 Å². The van der Waals surface area contributed by atoms with Crippen LogP contribution in [0.4, 0.5) is 0 Å². The van der Waals surface area contributed by atoms with Crippen molar-refractivity contribution in [3.63, 3.8) is 0 Å². The van der Waals surface area contributed by atoms with Crippen molar-refractivity contribution in [3.05, 3.63) is 23.8 Å². The Morgan fingerprint density at radius 2 is 1.92 bits per heavy atom. The maximum absolute atomic E-state index is 12.7. The first-order valence-electron chi connectivity index (χ1n) is 12.5. The van der Waals surface area contributed by atoms with Gasteiger partial charge in [-0.15, -0.1) is 0 Å². The molecule has 0 unspecified atom stereocenters. The lowest BCUT2D eigenvalue weighted by molar-refractivity contribution is -0.216. The highest BCUT2D eigenvalue weighted by Crippen LogP contribution is 2.61. The second kappa shape index (κ2) is 9.55. The number of ether oxygens (including phenoxy) is 4. The van der Waals surface area contributed by atoms with Crippen LogP contribution in [0.5, 0.6) is 0 Å². The van der Waals surface area contributed by atoms with Gasteiger partial charge in [0.2, 0.25) is 0 Å². The van der Waals surface area contributed by atoms with Crippen LogP contribution < -0.4 is 0 Å². The van der Waals surface area contributed by atoms with Crippen molar-refractivity contribution in [2.45, 2.75) is 89.7 Å². The SMILES string of the molecule is CCCC(=O)O[C@@H]1[C@H](C)[C@@H]2[C@H](OC(C)=O)[C@@]3(O)[C@H](/C=C(CO)\C=C/[C@H](O)[C@@]2(C)[C@H]2O[C@@H]12)OC(=O)[C@@H]3C. The number of hydrogen-bond donors (Lipinski definition) is 3. The Labute approximate surface area is 210 Å². The molecule has 0 aromatic carbocycles. The Bertz CT molecular complexity index is 974. The molecule has 4 aliphatic rings. The van der Waals surface area contributed by atoms with Crippen molar-refractivity contribution in [1.82, 2.24) is 0 Å². The molecule has 2 aliphatic carbocycles. The molecule has 0 spiro atoms. The molecule has 1 saturated carbocycles. The van der Waals surface area contributed by atoms with E-state index in [1.165, 1.54) is 32.1 Å². The van der Waals surface area contributed by atoms with Crippen LogP contribution in [0.2, 0.25) is 0 Å². The number of aliphatic hydroxyl groups excluding tert-OH is 2. The van der Waals surface area contributed by atoms with E-state index in [1.807, 2.05) is 6.92 Å². The van der Waals surface area contributed by atoms with Crippen molar-refractivity contribution >= 4 is 17.9 Å². The Hall–Kier alpha value is -2.27. The van der Waals surface area contributed by atoms with E-state index in [-0.39, 0.29) is 6.42 Å². The third-order valence-corrected chi connectivity index (χ3v) is 8.49. The predicted octanol–water partition coefficient (Wildman–Crippen LogP) is 0.812. The molecule has 200 valence electrons. The Morgan fingerprint density at radius 1 is 1.22 bits per heavy atom. The van der Waals surface area contributed by atoms with Crippen LogP contribution in [0.1, 0.15) is 47.5 Å². The average Bonchev–Trinajstić information content (AvgIpc) is 3.59. The summed E-state index contributed by atoms with van der Waals surface area (Å²) in [6.45, 7) is 7.70. The monoisotopic (exact) mass is 508 g/mol. The first kappa shape index (κ1) is 26.8. The van der Waals surface area contributed by atoms with Gasteiger partial charge in [0.25, 0.3) is 0 Å². The van der Waals surface area contributed by atoms with Crippen LogP contribution in [-0.2, 0) is 33.3 Å². The van der Waals surface area contributed by atoms with E-state index in [0.29, 0.717) is 12.0 Å². The molecule has 2 aliphatic heterocycles. The number of esters is 3. The highest BCUT2D eigenvalue weighted by atomic mass is 16.6. The molecule has 0 aromatic rings. The van der Waals surface area contributed by atoms with Crippen molar-refractivity contribution in [2.24, 2.45) is 23.2 Å². The molecule has 2 saturated heterocycles. The Balaban J connectivity index is 1.90. The van der Waals surface area contributed by atoms with E-state index in [9.17, 15) is 29.7 Å². The highest BCUT2D eigenvalue weighted by molar-refractivity contribution is 5.77. The average molecular weight is 509 g/mol. The zero-order chi connectivity index (χ0) is 26.6.